The van der Waals surface area contributed by atoms with Crippen molar-refractivity contribution < 1.29 is 4.79 Å². The van der Waals surface area contributed by atoms with Crippen molar-refractivity contribution in [2.45, 2.75) is 26.7 Å². The molecule has 1 aromatic rings. The average molecular weight is 300 g/mol. The van der Waals surface area contributed by atoms with Gasteiger partial charge in [-0.3, -0.25) is 4.79 Å². The lowest BCUT2D eigenvalue weighted by molar-refractivity contribution is -0.119. The molecular weight excluding hydrogens is 282 g/mol. The molecule has 0 fully saturated rings. The van der Waals surface area contributed by atoms with Crippen LogP contribution in [0.4, 0.5) is 5.82 Å². The average Bonchev–Trinajstić information content (AvgIpc) is 2.30. The maximum absolute atomic E-state index is 11.9. The van der Waals surface area contributed by atoms with Gasteiger partial charge in [0.15, 0.2) is 0 Å². The largest absolute Gasteiger partial charge is 0.330 e. The van der Waals surface area contributed by atoms with Gasteiger partial charge < -0.3 is 11.1 Å². The van der Waals surface area contributed by atoms with E-state index in [1.54, 1.807) is 6.20 Å². The fraction of sp³-hybridized carbons (Fsp3) is 0.500. The van der Waals surface area contributed by atoms with Crippen molar-refractivity contribution in [1.82, 2.24) is 4.98 Å². The summed E-state index contributed by atoms with van der Waals surface area (Å²) in [6.45, 7) is 4.36. The SMILES string of the molecule is CCCC(CN)C(=O)Nc1cc(C)c(Br)cn1. The van der Waals surface area contributed by atoms with E-state index in [0.717, 1.165) is 22.9 Å². The van der Waals surface area contributed by atoms with E-state index in [1.165, 1.54) is 0 Å². The number of aromatic nitrogens is 1. The van der Waals surface area contributed by atoms with Crippen molar-refractivity contribution in [1.29, 1.82) is 0 Å². The first-order valence-corrected chi connectivity index (χ1v) is 6.50. The molecule has 1 aromatic heterocycles. The highest BCUT2D eigenvalue weighted by Gasteiger charge is 2.16. The smallest absolute Gasteiger partial charge is 0.229 e. The summed E-state index contributed by atoms with van der Waals surface area (Å²) < 4.78 is 0.930. The van der Waals surface area contributed by atoms with Gasteiger partial charge in [-0.2, -0.15) is 0 Å². The number of anilines is 1. The summed E-state index contributed by atoms with van der Waals surface area (Å²) in [5.74, 6) is 0.388. The second-order valence-corrected chi connectivity index (χ2v) is 4.88. The zero-order valence-corrected chi connectivity index (χ0v) is 11.8. The molecule has 0 saturated heterocycles. The van der Waals surface area contributed by atoms with E-state index < -0.39 is 0 Å². The van der Waals surface area contributed by atoms with Crippen LogP contribution >= 0.6 is 15.9 Å². The van der Waals surface area contributed by atoms with Gasteiger partial charge in [0.05, 0.1) is 5.92 Å². The van der Waals surface area contributed by atoms with Crippen LogP contribution in [0, 0.1) is 12.8 Å². The third-order valence-electron chi connectivity index (χ3n) is 2.59. The van der Waals surface area contributed by atoms with Gasteiger partial charge >= 0.3 is 0 Å². The molecule has 0 aliphatic heterocycles. The molecule has 0 aromatic carbocycles. The molecule has 0 bridgehead atoms. The number of nitrogens with zero attached hydrogens (tertiary/aromatic N) is 1. The summed E-state index contributed by atoms with van der Waals surface area (Å²) in [6.07, 6.45) is 3.43. The molecule has 1 heterocycles. The molecule has 4 nitrogen and oxygen atoms in total. The fourth-order valence-corrected chi connectivity index (χ4v) is 1.76. The van der Waals surface area contributed by atoms with Crippen LogP contribution < -0.4 is 11.1 Å². The predicted octanol–water partition coefficient (Wildman–Crippen LogP) is 2.47. The van der Waals surface area contributed by atoms with Gasteiger partial charge in [-0.1, -0.05) is 13.3 Å². The molecule has 0 aliphatic rings. The van der Waals surface area contributed by atoms with E-state index in [0.29, 0.717) is 12.4 Å². The van der Waals surface area contributed by atoms with Crippen LogP contribution in [0.5, 0.6) is 0 Å². The van der Waals surface area contributed by atoms with Gasteiger partial charge in [0.2, 0.25) is 5.91 Å². The summed E-state index contributed by atoms with van der Waals surface area (Å²) in [4.78, 5) is 16.0. The molecule has 5 heteroatoms. The van der Waals surface area contributed by atoms with Crippen LogP contribution in [-0.4, -0.2) is 17.4 Å². The van der Waals surface area contributed by atoms with Gasteiger partial charge in [0.1, 0.15) is 5.82 Å². The van der Waals surface area contributed by atoms with Gasteiger partial charge in [-0.25, -0.2) is 4.98 Å². The van der Waals surface area contributed by atoms with Crippen LogP contribution in [0.2, 0.25) is 0 Å². The lowest BCUT2D eigenvalue weighted by atomic mass is 10.0. The first-order valence-electron chi connectivity index (χ1n) is 5.71. The Morgan fingerprint density at radius 1 is 1.65 bits per heavy atom. The molecule has 0 aliphatic carbocycles. The minimum atomic E-state index is -0.134. The molecule has 0 spiro atoms. The molecule has 0 radical (unpaired) electrons. The number of carbonyl (C=O) groups excluding carboxylic acids is 1. The van der Waals surface area contributed by atoms with Gasteiger partial charge in [-0.05, 0) is 40.9 Å². The fourth-order valence-electron chi connectivity index (χ4n) is 1.54. The zero-order chi connectivity index (χ0) is 12.8. The zero-order valence-electron chi connectivity index (χ0n) is 10.2. The Labute approximate surface area is 110 Å². The molecule has 1 amide bonds. The van der Waals surface area contributed by atoms with Gasteiger partial charge in [-0.15, -0.1) is 0 Å². The number of hydrogen-bond acceptors (Lipinski definition) is 3. The topological polar surface area (TPSA) is 68.0 Å². The number of halogens is 1. The van der Waals surface area contributed by atoms with E-state index in [-0.39, 0.29) is 11.8 Å². The lowest BCUT2D eigenvalue weighted by Gasteiger charge is -2.13. The van der Waals surface area contributed by atoms with E-state index >= 15 is 0 Å². The minimum absolute atomic E-state index is 0.0522. The number of carbonyl (C=O) groups is 1. The van der Waals surface area contributed by atoms with Crippen LogP contribution in [0.3, 0.4) is 0 Å². The Hall–Kier alpha value is -0.940. The first kappa shape index (κ1) is 14.1. The normalized spacial score (nSPS) is 12.2. The second-order valence-electron chi connectivity index (χ2n) is 4.03. The van der Waals surface area contributed by atoms with Crippen molar-refractivity contribution in [3.8, 4) is 0 Å². The molecule has 94 valence electrons. The van der Waals surface area contributed by atoms with E-state index in [9.17, 15) is 4.79 Å². The standard InChI is InChI=1S/C12H18BrN3O/c1-3-4-9(6-14)12(17)16-11-5-8(2)10(13)7-15-11/h5,7,9H,3-4,6,14H2,1-2H3,(H,15,16,17). The number of nitrogens with one attached hydrogen (secondary N) is 1. The monoisotopic (exact) mass is 299 g/mol. The Balaban J connectivity index is 2.69. The van der Waals surface area contributed by atoms with Gasteiger partial charge in [0, 0.05) is 17.2 Å². The van der Waals surface area contributed by atoms with E-state index in [4.69, 9.17) is 5.73 Å². The summed E-state index contributed by atoms with van der Waals surface area (Å²) >= 11 is 3.37. The number of pyridine rings is 1. The van der Waals surface area contributed by atoms with Crippen molar-refractivity contribution in [3.05, 3.63) is 22.3 Å². The Bertz CT molecular complexity index is 395. The second kappa shape index (κ2) is 6.71. The molecule has 1 unspecified atom stereocenters. The third-order valence-corrected chi connectivity index (χ3v) is 3.42. The number of nitrogens with two attached hydrogens (primary N) is 1. The van der Waals surface area contributed by atoms with Crippen LogP contribution in [-0.2, 0) is 4.79 Å². The van der Waals surface area contributed by atoms with Crippen molar-refractivity contribution in [3.63, 3.8) is 0 Å². The highest BCUT2D eigenvalue weighted by molar-refractivity contribution is 9.10. The maximum Gasteiger partial charge on any atom is 0.229 e. The van der Waals surface area contributed by atoms with Crippen LogP contribution in [0.25, 0.3) is 0 Å². The number of hydrogen-bond donors (Lipinski definition) is 2. The predicted molar refractivity (Wildman–Crippen MR) is 72.8 cm³/mol. The summed E-state index contributed by atoms with van der Waals surface area (Å²) in [5, 5.41) is 2.79. The third kappa shape index (κ3) is 4.09. The molecule has 0 saturated carbocycles. The van der Waals surface area contributed by atoms with Crippen molar-refractivity contribution >= 4 is 27.7 Å². The van der Waals surface area contributed by atoms with E-state index in [1.807, 2.05) is 19.9 Å². The summed E-state index contributed by atoms with van der Waals surface area (Å²) in [7, 11) is 0. The maximum atomic E-state index is 11.9. The molecule has 17 heavy (non-hydrogen) atoms. The van der Waals surface area contributed by atoms with Crippen LogP contribution in [0.15, 0.2) is 16.7 Å². The lowest BCUT2D eigenvalue weighted by Crippen LogP contribution is -2.29. The summed E-state index contributed by atoms with van der Waals surface area (Å²) in [6, 6.07) is 1.83. The molecule has 1 atom stereocenters. The highest BCUT2D eigenvalue weighted by atomic mass is 79.9. The quantitative estimate of drug-likeness (QED) is 0.877. The summed E-state index contributed by atoms with van der Waals surface area (Å²) in [5.41, 5.74) is 6.62. The van der Waals surface area contributed by atoms with Crippen molar-refractivity contribution in [2.75, 3.05) is 11.9 Å². The molecular formula is C12H18BrN3O. The number of amides is 1. The number of rotatable bonds is 5. The number of aryl methyl sites for hydroxylation is 1. The Morgan fingerprint density at radius 2 is 2.35 bits per heavy atom. The molecule has 3 N–H and O–H groups in total. The van der Waals surface area contributed by atoms with Crippen molar-refractivity contribution in [2.24, 2.45) is 11.7 Å². The van der Waals surface area contributed by atoms with Crippen LogP contribution in [0.1, 0.15) is 25.3 Å². The highest BCUT2D eigenvalue weighted by Crippen LogP contribution is 2.18. The van der Waals surface area contributed by atoms with E-state index in [2.05, 4.69) is 26.2 Å². The molecule has 1 rings (SSSR count). The Kier molecular flexibility index (Phi) is 5.58. The first-order chi connectivity index (χ1) is 8.08. The Morgan fingerprint density at radius 3 is 2.88 bits per heavy atom. The van der Waals surface area contributed by atoms with Gasteiger partial charge in [0.25, 0.3) is 0 Å². The minimum Gasteiger partial charge on any atom is -0.330 e.